The first kappa shape index (κ1) is 32.5. The fourth-order valence-corrected chi connectivity index (χ4v) is 6.43. The van der Waals surface area contributed by atoms with Crippen LogP contribution in [0, 0.1) is 0 Å². The Morgan fingerprint density at radius 3 is 2.31 bits per heavy atom. The molecular formula is C32H31F3N2O7S. The van der Waals surface area contributed by atoms with E-state index in [4.69, 9.17) is 9.47 Å². The number of aliphatic hydroxyl groups excluding tert-OH is 1. The number of benzene rings is 3. The summed E-state index contributed by atoms with van der Waals surface area (Å²) in [5.41, 5.74) is 2.78. The molecule has 0 unspecified atom stereocenters. The van der Waals surface area contributed by atoms with Crippen LogP contribution in [0.4, 0.5) is 18.9 Å². The van der Waals surface area contributed by atoms with Gasteiger partial charge in [-0.25, -0.2) is 4.79 Å². The number of anilines is 1. The van der Waals surface area contributed by atoms with Crippen molar-refractivity contribution in [2.75, 3.05) is 17.6 Å². The Balaban J connectivity index is 1.30. The summed E-state index contributed by atoms with van der Waals surface area (Å²) < 4.78 is 51.6. The van der Waals surface area contributed by atoms with Gasteiger partial charge in [-0.15, -0.1) is 11.8 Å². The van der Waals surface area contributed by atoms with E-state index in [-0.39, 0.29) is 37.3 Å². The van der Waals surface area contributed by atoms with E-state index in [0.29, 0.717) is 39.6 Å². The van der Waals surface area contributed by atoms with Gasteiger partial charge in [0, 0.05) is 34.9 Å². The molecule has 3 N–H and O–H groups in total. The minimum atomic E-state index is -5.06. The molecule has 13 heteroatoms. The topological polar surface area (TPSA) is 125 Å². The summed E-state index contributed by atoms with van der Waals surface area (Å²) in [7, 11) is 0. The SMILES string of the molecule is O=C(O)c1ccccc1SC[C@@H]1C[C@H](c2ccc(CO)cc2)O[C@H](c2ccc(NC(=O)[C@@H]3CCCN3C(=O)C(F)(F)F)cc2)O1. The monoisotopic (exact) mass is 644 g/mol. The molecule has 2 amide bonds. The number of nitrogens with one attached hydrogen (secondary N) is 1. The van der Waals surface area contributed by atoms with Gasteiger partial charge in [0.2, 0.25) is 5.91 Å². The van der Waals surface area contributed by atoms with Crippen molar-refractivity contribution in [3.8, 4) is 0 Å². The first-order chi connectivity index (χ1) is 21.5. The Kier molecular flexibility index (Phi) is 10.1. The summed E-state index contributed by atoms with van der Waals surface area (Å²) in [4.78, 5) is 37.4. The van der Waals surface area contributed by atoms with Crippen LogP contribution in [-0.4, -0.2) is 63.5 Å². The van der Waals surface area contributed by atoms with Crippen LogP contribution < -0.4 is 5.32 Å². The predicted octanol–water partition coefficient (Wildman–Crippen LogP) is 5.71. The highest BCUT2D eigenvalue weighted by atomic mass is 32.2. The van der Waals surface area contributed by atoms with Gasteiger partial charge in [0.25, 0.3) is 0 Å². The van der Waals surface area contributed by atoms with Crippen molar-refractivity contribution in [1.29, 1.82) is 0 Å². The molecule has 2 fully saturated rings. The second kappa shape index (κ2) is 14.0. The Bertz CT molecular complexity index is 1520. The zero-order valence-electron chi connectivity index (χ0n) is 23.9. The lowest BCUT2D eigenvalue weighted by Gasteiger charge is -2.36. The lowest BCUT2D eigenvalue weighted by molar-refractivity contribution is -0.245. The molecule has 2 aliphatic rings. The van der Waals surface area contributed by atoms with Gasteiger partial charge in [-0.05, 0) is 48.2 Å². The molecule has 5 rings (SSSR count). The van der Waals surface area contributed by atoms with Crippen molar-refractivity contribution >= 4 is 35.2 Å². The molecule has 3 aromatic carbocycles. The van der Waals surface area contributed by atoms with Crippen LogP contribution in [0.3, 0.4) is 0 Å². The zero-order chi connectivity index (χ0) is 32.1. The predicted molar refractivity (Wildman–Crippen MR) is 158 cm³/mol. The van der Waals surface area contributed by atoms with Crippen molar-refractivity contribution < 1.29 is 47.2 Å². The maximum Gasteiger partial charge on any atom is 0.471 e. The van der Waals surface area contributed by atoms with Crippen LogP contribution in [0.25, 0.3) is 0 Å². The third-order valence-electron chi connectivity index (χ3n) is 7.67. The van der Waals surface area contributed by atoms with Gasteiger partial charge in [0.1, 0.15) is 6.04 Å². The minimum Gasteiger partial charge on any atom is -0.478 e. The number of carbonyl (C=O) groups excluding carboxylic acids is 2. The lowest BCUT2D eigenvalue weighted by atomic mass is 10.0. The van der Waals surface area contributed by atoms with E-state index in [1.54, 1.807) is 60.7 Å². The van der Waals surface area contributed by atoms with Crippen LogP contribution in [0.5, 0.6) is 0 Å². The van der Waals surface area contributed by atoms with E-state index in [2.05, 4.69) is 5.32 Å². The number of hydrogen-bond donors (Lipinski definition) is 3. The summed E-state index contributed by atoms with van der Waals surface area (Å²) in [5, 5.41) is 21.6. The van der Waals surface area contributed by atoms with Crippen molar-refractivity contribution in [3.63, 3.8) is 0 Å². The highest BCUT2D eigenvalue weighted by Crippen LogP contribution is 2.40. The standard InChI is InChI=1S/C32H31F3N2O7S/c33-32(34,35)31(42)37-15-3-5-25(37)28(39)36-22-13-11-21(12-14-22)30-43-23(18-45-27-6-2-1-4-24(27)29(40)41)16-26(44-30)20-9-7-19(17-38)8-10-20/h1-2,4,6-14,23,25-26,30,38H,3,5,15-18H2,(H,36,39)(H,40,41)/t23-,25-,26+,30+/m0/s1. The molecule has 3 aromatic rings. The quantitative estimate of drug-likeness (QED) is 0.253. The number of alkyl halides is 3. The molecule has 9 nitrogen and oxygen atoms in total. The zero-order valence-corrected chi connectivity index (χ0v) is 24.7. The number of carboxylic acid groups (broad SMARTS) is 1. The molecule has 0 saturated carbocycles. The van der Waals surface area contributed by atoms with E-state index in [1.165, 1.54) is 11.8 Å². The average Bonchev–Trinajstić information content (AvgIpc) is 3.53. The normalized spacial score (nSPS) is 21.8. The minimum absolute atomic E-state index is 0.0971. The van der Waals surface area contributed by atoms with Gasteiger partial charge in [-0.2, -0.15) is 13.2 Å². The van der Waals surface area contributed by atoms with Crippen molar-refractivity contribution in [1.82, 2.24) is 4.90 Å². The number of ether oxygens (including phenoxy) is 2. The molecule has 0 bridgehead atoms. The summed E-state index contributed by atoms with van der Waals surface area (Å²) in [6.45, 7) is -0.239. The number of hydrogen-bond acceptors (Lipinski definition) is 7. The maximum atomic E-state index is 13.0. The van der Waals surface area contributed by atoms with Crippen molar-refractivity contribution in [3.05, 3.63) is 95.1 Å². The number of rotatable bonds is 9. The summed E-state index contributed by atoms with van der Waals surface area (Å²) in [6.07, 6.45) is -5.68. The third-order valence-corrected chi connectivity index (χ3v) is 8.87. The van der Waals surface area contributed by atoms with Crippen LogP contribution in [0.15, 0.2) is 77.7 Å². The smallest absolute Gasteiger partial charge is 0.471 e. The maximum absolute atomic E-state index is 13.0. The number of carboxylic acids is 1. The number of likely N-dealkylation sites (tertiary alicyclic amines) is 1. The fraction of sp³-hybridized carbons (Fsp3) is 0.344. The third kappa shape index (κ3) is 7.85. The van der Waals surface area contributed by atoms with Gasteiger partial charge in [-0.1, -0.05) is 48.5 Å². The Hall–Kier alpha value is -3.91. The van der Waals surface area contributed by atoms with Crippen LogP contribution in [-0.2, 0) is 25.7 Å². The van der Waals surface area contributed by atoms with Gasteiger partial charge in [0.15, 0.2) is 6.29 Å². The number of thioether (sulfide) groups is 1. The Morgan fingerprint density at radius 2 is 1.64 bits per heavy atom. The van der Waals surface area contributed by atoms with Crippen molar-refractivity contribution in [2.45, 2.75) is 61.5 Å². The highest BCUT2D eigenvalue weighted by Gasteiger charge is 2.47. The number of aliphatic hydroxyl groups is 1. The number of halogens is 3. The van der Waals surface area contributed by atoms with Gasteiger partial charge < -0.3 is 29.9 Å². The second-order valence-corrected chi connectivity index (χ2v) is 11.8. The molecule has 45 heavy (non-hydrogen) atoms. The summed E-state index contributed by atoms with van der Waals surface area (Å²) in [6, 6.07) is 19.4. The fourth-order valence-electron chi connectivity index (χ4n) is 5.37. The van der Waals surface area contributed by atoms with E-state index >= 15 is 0 Å². The van der Waals surface area contributed by atoms with Gasteiger partial charge in [-0.3, -0.25) is 9.59 Å². The first-order valence-electron chi connectivity index (χ1n) is 14.3. The average molecular weight is 645 g/mol. The van der Waals surface area contributed by atoms with E-state index in [9.17, 15) is 37.8 Å². The van der Waals surface area contributed by atoms with Crippen LogP contribution in [0.1, 0.15) is 58.7 Å². The van der Waals surface area contributed by atoms with E-state index in [1.807, 2.05) is 12.1 Å². The number of aromatic carboxylic acids is 1. The first-order valence-corrected chi connectivity index (χ1v) is 15.3. The number of carbonyl (C=O) groups is 3. The number of amides is 2. The summed E-state index contributed by atoms with van der Waals surface area (Å²) in [5.74, 6) is -3.31. The highest BCUT2D eigenvalue weighted by molar-refractivity contribution is 7.99. The number of nitrogens with zero attached hydrogens (tertiary/aromatic N) is 1. The van der Waals surface area contributed by atoms with Gasteiger partial charge >= 0.3 is 18.1 Å². The van der Waals surface area contributed by atoms with E-state index < -0.39 is 36.3 Å². The lowest BCUT2D eigenvalue weighted by Crippen LogP contribution is -2.48. The van der Waals surface area contributed by atoms with Crippen LogP contribution >= 0.6 is 11.8 Å². The summed E-state index contributed by atoms with van der Waals surface area (Å²) >= 11 is 1.37. The molecular weight excluding hydrogens is 613 g/mol. The second-order valence-electron chi connectivity index (χ2n) is 10.7. The Labute approximate surface area is 261 Å². The van der Waals surface area contributed by atoms with E-state index in [0.717, 1.165) is 11.1 Å². The molecule has 2 heterocycles. The largest absolute Gasteiger partial charge is 0.478 e. The molecule has 0 radical (unpaired) electrons. The molecule has 0 aromatic heterocycles. The molecule has 2 saturated heterocycles. The van der Waals surface area contributed by atoms with Crippen molar-refractivity contribution in [2.24, 2.45) is 0 Å². The Morgan fingerprint density at radius 1 is 0.956 bits per heavy atom. The molecule has 0 spiro atoms. The van der Waals surface area contributed by atoms with Gasteiger partial charge in [0.05, 0.1) is 24.4 Å². The molecule has 4 atom stereocenters. The molecule has 2 aliphatic heterocycles. The van der Waals surface area contributed by atoms with Crippen LogP contribution in [0.2, 0.25) is 0 Å². The molecule has 238 valence electrons. The molecule has 0 aliphatic carbocycles.